The van der Waals surface area contributed by atoms with Gasteiger partial charge in [0, 0.05) is 17.3 Å². The zero-order valence-electron chi connectivity index (χ0n) is 19.9. The van der Waals surface area contributed by atoms with Crippen LogP contribution in [0, 0.1) is 29.0 Å². The first-order chi connectivity index (χ1) is 16.6. The Morgan fingerprint density at radius 3 is 2.60 bits per heavy atom. The van der Waals surface area contributed by atoms with Crippen molar-refractivity contribution in [3.8, 4) is 5.69 Å². The number of hydrogen-bond donors (Lipinski definition) is 1. The molecule has 3 aliphatic rings. The van der Waals surface area contributed by atoms with Crippen molar-refractivity contribution in [1.82, 2.24) is 14.7 Å². The van der Waals surface area contributed by atoms with Crippen molar-refractivity contribution in [2.45, 2.75) is 46.2 Å². The van der Waals surface area contributed by atoms with E-state index in [2.05, 4.69) is 26.1 Å². The summed E-state index contributed by atoms with van der Waals surface area (Å²) < 4.78 is 16.8. The van der Waals surface area contributed by atoms with E-state index in [-0.39, 0.29) is 29.0 Å². The largest absolute Gasteiger partial charge is 0.349 e. The highest BCUT2D eigenvalue weighted by molar-refractivity contribution is 6.35. The van der Waals surface area contributed by atoms with Crippen molar-refractivity contribution in [3.63, 3.8) is 0 Å². The van der Waals surface area contributed by atoms with Gasteiger partial charge in [-0.15, -0.1) is 0 Å². The molecule has 35 heavy (non-hydrogen) atoms. The van der Waals surface area contributed by atoms with E-state index < -0.39 is 11.5 Å². The minimum Gasteiger partial charge on any atom is -0.349 e. The minimum atomic E-state index is -0.489. The predicted molar refractivity (Wildman–Crippen MR) is 136 cm³/mol. The number of rotatable bonds is 5. The topological polar surface area (TPSA) is 56.0 Å². The number of amides is 1. The number of benzene rings is 2. The van der Waals surface area contributed by atoms with Crippen LogP contribution in [0.2, 0.25) is 10.0 Å². The van der Waals surface area contributed by atoms with Gasteiger partial charge in [0.15, 0.2) is 0 Å². The standard InChI is InChI=1S/C27H28Cl2FN3O2/c1-15-21-10-17(27(21,2)3)11-23(15)31-25(34)20-14-32(13-16-5-4-6-19(30)9-16)33(26(20)35)24-8-7-18(28)12-22(24)29/h4-9,12,14-15,17,21,23H,10-11,13H2,1-3H3,(H,31,34)/t15?,17?,21?,23-/m1/s1. The third-order valence-electron chi connectivity index (χ3n) is 8.24. The van der Waals surface area contributed by atoms with Crippen LogP contribution in [0.15, 0.2) is 53.5 Å². The van der Waals surface area contributed by atoms with Crippen molar-refractivity contribution < 1.29 is 9.18 Å². The molecule has 3 aliphatic carbocycles. The third kappa shape index (κ3) is 4.21. The molecule has 2 aromatic carbocycles. The summed E-state index contributed by atoms with van der Waals surface area (Å²) in [4.78, 5) is 26.9. The first kappa shape index (κ1) is 24.1. The van der Waals surface area contributed by atoms with E-state index in [1.54, 1.807) is 35.0 Å². The zero-order chi connectivity index (χ0) is 25.1. The van der Waals surface area contributed by atoms with Gasteiger partial charge in [-0.3, -0.25) is 14.3 Å². The Hall–Kier alpha value is -2.57. The Balaban J connectivity index is 1.50. The van der Waals surface area contributed by atoms with Gasteiger partial charge in [-0.05, 0) is 71.9 Å². The number of carbonyl (C=O) groups is 1. The van der Waals surface area contributed by atoms with Gasteiger partial charge in [0.25, 0.3) is 11.5 Å². The van der Waals surface area contributed by atoms with E-state index in [9.17, 15) is 14.0 Å². The van der Waals surface area contributed by atoms with Crippen LogP contribution in [-0.4, -0.2) is 21.3 Å². The molecule has 8 heteroatoms. The Morgan fingerprint density at radius 1 is 1.17 bits per heavy atom. The van der Waals surface area contributed by atoms with Crippen LogP contribution in [0.4, 0.5) is 4.39 Å². The van der Waals surface area contributed by atoms with Crippen LogP contribution in [-0.2, 0) is 6.54 Å². The normalized spacial score (nSPS) is 24.6. The molecule has 184 valence electrons. The molecule has 0 saturated heterocycles. The number of carbonyl (C=O) groups excluding carboxylic acids is 1. The molecule has 3 aromatic rings. The number of aromatic nitrogens is 2. The average molecular weight is 516 g/mol. The summed E-state index contributed by atoms with van der Waals surface area (Å²) in [6.45, 7) is 6.98. The van der Waals surface area contributed by atoms with Gasteiger partial charge >= 0.3 is 0 Å². The highest BCUT2D eigenvalue weighted by Crippen LogP contribution is 2.61. The molecule has 6 rings (SSSR count). The summed E-state index contributed by atoms with van der Waals surface area (Å²) in [5.74, 6) is 0.702. The fourth-order valence-corrected chi connectivity index (χ4v) is 6.56. The second-order valence-corrected chi connectivity index (χ2v) is 11.4. The summed E-state index contributed by atoms with van der Waals surface area (Å²) in [5.41, 5.74) is 0.877. The monoisotopic (exact) mass is 515 g/mol. The maximum atomic E-state index is 13.8. The third-order valence-corrected chi connectivity index (χ3v) is 8.78. The quantitative estimate of drug-likeness (QED) is 0.457. The molecule has 3 fully saturated rings. The smallest absolute Gasteiger partial charge is 0.284 e. The molecule has 1 amide bonds. The SMILES string of the molecule is CC1C2CC(C[C@H]1NC(=O)c1cn(Cc3cccc(F)c3)n(-c3ccc(Cl)cc3Cl)c1=O)C2(C)C. The van der Waals surface area contributed by atoms with Crippen LogP contribution >= 0.6 is 23.2 Å². The van der Waals surface area contributed by atoms with E-state index in [1.807, 2.05) is 0 Å². The molecule has 0 radical (unpaired) electrons. The van der Waals surface area contributed by atoms with Crippen LogP contribution in [0.25, 0.3) is 5.69 Å². The van der Waals surface area contributed by atoms with Crippen LogP contribution in [0.5, 0.6) is 0 Å². The number of nitrogens with zero attached hydrogens (tertiary/aromatic N) is 2. The lowest BCUT2D eigenvalue weighted by atomic mass is 9.45. The van der Waals surface area contributed by atoms with Crippen LogP contribution in [0.3, 0.4) is 0 Å². The number of fused-ring (bicyclic) bond motifs is 2. The van der Waals surface area contributed by atoms with Gasteiger partial charge in [0.2, 0.25) is 0 Å². The zero-order valence-corrected chi connectivity index (χ0v) is 21.4. The molecule has 2 bridgehead atoms. The first-order valence-electron chi connectivity index (χ1n) is 11.9. The molecule has 3 saturated carbocycles. The van der Waals surface area contributed by atoms with E-state index in [1.165, 1.54) is 29.4 Å². The van der Waals surface area contributed by atoms with E-state index >= 15 is 0 Å². The highest BCUT2D eigenvalue weighted by Gasteiger charge is 2.56. The van der Waals surface area contributed by atoms with Crippen LogP contribution < -0.4 is 10.9 Å². The van der Waals surface area contributed by atoms with Crippen molar-refractivity contribution in [3.05, 3.63) is 86.0 Å². The van der Waals surface area contributed by atoms with E-state index in [0.29, 0.717) is 39.4 Å². The molecule has 1 heterocycles. The van der Waals surface area contributed by atoms with Crippen molar-refractivity contribution in [1.29, 1.82) is 0 Å². The lowest BCUT2D eigenvalue weighted by Crippen LogP contribution is -2.60. The second-order valence-electron chi connectivity index (χ2n) is 10.5. The fraction of sp³-hybridized carbons (Fsp3) is 0.407. The summed E-state index contributed by atoms with van der Waals surface area (Å²) in [6.07, 6.45) is 3.63. The van der Waals surface area contributed by atoms with Gasteiger partial charge in [-0.1, -0.05) is 56.1 Å². The Morgan fingerprint density at radius 2 is 1.94 bits per heavy atom. The van der Waals surface area contributed by atoms with E-state index in [0.717, 1.165) is 6.42 Å². The van der Waals surface area contributed by atoms with Crippen molar-refractivity contribution >= 4 is 29.1 Å². The summed E-state index contributed by atoms with van der Waals surface area (Å²) in [5, 5.41) is 3.84. The molecular formula is C27H28Cl2FN3O2. The maximum Gasteiger partial charge on any atom is 0.284 e. The molecule has 3 unspecified atom stereocenters. The summed E-state index contributed by atoms with van der Waals surface area (Å²) in [6, 6.07) is 11.0. The Bertz CT molecular complexity index is 1360. The van der Waals surface area contributed by atoms with E-state index in [4.69, 9.17) is 23.2 Å². The molecule has 1 aromatic heterocycles. The maximum absolute atomic E-state index is 13.8. The van der Waals surface area contributed by atoms with Gasteiger partial charge in [-0.2, -0.15) is 0 Å². The van der Waals surface area contributed by atoms with Gasteiger partial charge < -0.3 is 5.32 Å². The molecule has 4 atom stereocenters. The fourth-order valence-electron chi connectivity index (χ4n) is 6.07. The number of nitrogens with one attached hydrogen (secondary N) is 1. The first-order valence-corrected chi connectivity index (χ1v) is 12.6. The molecule has 1 N–H and O–H groups in total. The minimum absolute atomic E-state index is 0.0258. The molecular weight excluding hydrogens is 488 g/mol. The highest BCUT2D eigenvalue weighted by atomic mass is 35.5. The number of halogens is 3. The van der Waals surface area contributed by atoms with Gasteiger partial charge in [-0.25, -0.2) is 9.07 Å². The summed E-state index contributed by atoms with van der Waals surface area (Å²) in [7, 11) is 0. The molecule has 5 nitrogen and oxygen atoms in total. The molecule has 0 aliphatic heterocycles. The Kier molecular flexibility index (Phi) is 6.09. The average Bonchev–Trinajstić information content (AvgIpc) is 3.10. The van der Waals surface area contributed by atoms with Gasteiger partial charge in [0.1, 0.15) is 11.4 Å². The van der Waals surface area contributed by atoms with Crippen molar-refractivity contribution in [2.75, 3.05) is 0 Å². The lowest BCUT2D eigenvalue weighted by molar-refractivity contribution is -0.113. The van der Waals surface area contributed by atoms with Crippen molar-refractivity contribution in [2.24, 2.45) is 23.2 Å². The second kappa shape index (κ2) is 8.82. The molecule has 0 spiro atoms. The van der Waals surface area contributed by atoms with Gasteiger partial charge in [0.05, 0.1) is 17.3 Å². The predicted octanol–water partition coefficient (Wildman–Crippen LogP) is 5.93. The van der Waals surface area contributed by atoms with Crippen LogP contribution in [0.1, 0.15) is 49.5 Å². The summed E-state index contributed by atoms with van der Waals surface area (Å²) >= 11 is 12.5. The number of hydrogen-bond acceptors (Lipinski definition) is 2. The Labute approximate surface area is 213 Å². The lowest BCUT2D eigenvalue weighted by Gasteiger charge is -2.62.